The predicted octanol–water partition coefficient (Wildman–Crippen LogP) is 1.04. The minimum absolute atomic E-state index is 0.260. The van der Waals surface area contributed by atoms with Gasteiger partial charge in [0.2, 0.25) is 5.91 Å². The number of carbonyl (C=O) groups excluding carboxylic acids is 1. The summed E-state index contributed by atoms with van der Waals surface area (Å²) in [5, 5.41) is 0.461. The van der Waals surface area contributed by atoms with Crippen molar-refractivity contribution in [1.29, 1.82) is 0 Å². The summed E-state index contributed by atoms with van der Waals surface area (Å²) in [5.41, 5.74) is 6.16. The number of carbonyl (C=O) groups is 1. The Kier molecular flexibility index (Phi) is 4.52. The van der Waals surface area contributed by atoms with Crippen LogP contribution in [0.2, 0.25) is 5.15 Å². The molecule has 0 spiro atoms. The second-order valence-electron chi connectivity index (χ2n) is 3.26. The van der Waals surface area contributed by atoms with E-state index in [1.165, 1.54) is 0 Å². The second kappa shape index (κ2) is 5.68. The molecule has 0 aliphatic carbocycles. The Morgan fingerprint density at radius 1 is 1.67 bits per heavy atom. The lowest BCUT2D eigenvalue weighted by molar-refractivity contribution is -0.119. The van der Waals surface area contributed by atoms with Gasteiger partial charge < -0.3 is 5.73 Å². The van der Waals surface area contributed by atoms with Crippen LogP contribution in [0.4, 0.5) is 0 Å². The van der Waals surface area contributed by atoms with Gasteiger partial charge in [0.05, 0.1) is 6.54 Å². The third-order valence-electron chi connectivity index (χ3n) is 2.02. The van der Waals surface area contributed by atoms with E-state index in [9.17, 15) is 4.79 Å². The zero-order valence-electron chi connectivity index (χ0n) is 8.61. The molecule has 2 N–H and O–H groups in total. The van der Waals surface area contributed by atoms with Gasteiger partial charge in [-0.15, -0.1) is 0 Å². The fourth-order valence-corrected chi connectivity index (χ4v) is 1.50. The van der Waals surface area contributed by atoms with Crippen molar-refractivity contribution in [3.05, 3.63) is 29.0 Å². The van der Waals surface area contributed by atoms with Crippen molar-refractivity contribution in [3.8, 4) is 0 Å². The van der Waals surface area contributed by atoms with Crippen LogP contribution < -0.4 is 5.73 Å². The summed E-state index contributed by atoms with van der Waals surface area (Å²) >= 11 is 5.76. The van der Waals surface area contributed by atoms with Gasteiger partial charge in [0.1, 0.15) is 5.15 Å². The molecular formula is C10H14ClN3O. The van der Waals surface area contributed by atoms with E-state index in [0.29, 0.717) is 11.7 Å². The maximum absolute atomic E-state index is 10.8. The quantitative estimate of drug-likeness (QED) is 0.765. The van der Waals surface area contributed by atoms with Crippen LogP contribution >= 0.6 is 11.6 Å². The van der Waals surface area contributed by atoms with Crippen molar-refractivity contribution in [2.45, 2.75) is 13.5 Å². The Bertz CT molecular complexity index is 343. The topological polar surface area (TPSA) is 59.2 Å². The lowest BCUT2D eigenvalue weighted by Crippen LogP contribution is -2.33. The molecule has 5 heteroatoms. The Balaban J connectivity index is 2.62. The number of hydrogen-bond donors (Lipinski definition) is 1. The van der Waals surface area contributed by atoms with Crippen LogP contribution in [-0.4, -0.2) is 28.9 Å². The van der Waals surface area contributed by atoms with E-state index in [-0.39, 0.29) is 12.5 Å². The maximum Gasteiger partial charge on any atom is 0.231 e. The first-order valence-corrected chi connectivity index (χ1v) is 5.10. The molecule has 1 heterocycles. The smallest absolute Gasteiger partial charge is 0.231 e. The van der Waals surface area contributed by atoms with E-state index < -0.39 is 0 Å². The summed E-state index contributed by atoms with van der Waals surface area (Å²) in [6.07, 6.45) is 1.65. The lowest BCUT2D eigenvalue weighted by Gasteiger charge is -2.18. The number of amides is 1. The van der Waals surface area contributed by atoms with E-state index in [1.54, 1.807) is 12.3 Å². The number of nitrogens with two attached hydrogens (primary N) is 1. The Labute approximate surface area is 94.0 Å². The van der Waals surface area contributed by atoms with Crippen molar-refractivity contribution in [1.82, 2.24) is 9.88 Å². The molecule has 0 saturated heterocycles. The number of nitrogens with zero attached hydrogens (tertiary/aromatic N) is 2. The Hall–Kier alpha value is -1.13. The normalized spacial score (nSPS) is 10.6. The molecule has 0 saturated carbocycles. The van der Waals surface area contributed by atoms with Gasteiger partial charge in [-0.05, 0) is 24.2 Å². The second-order valence-corrected chi connectivity index (χ2v) is 3.64. The van der Waals surface area contributed by atoms with Crippen LogP contribution in [0.3, 0.4) is 0 Å². The summed E-state index contributed by atoms with van der Waals surface area (Å²) in [6, 6.07) is 3.65. The highest BCUT2D eigenvalue weighted by molar-refractivity contribution is 6.29. The van der Waals surface area contributed by atoms with Gasteiger partial charge in [0.25, 0.3) is 0 Å². The third-order valence-corrected chi connectivity index (χ3v) is 2.23. The molecule has 0 fully saturated rings. The Morgan fingerprint density at radius 3 is 2.93 bits per heavy atom. The first-order chi connectivity index (χ1) is 7.11. The fourth-order valence-electron chi connectivity index (χ4n) is 1.30. The molecule has 0 atom stereocenters. The molecule has 0 aliphatic heterocycles. The maximum atomic E-state index is 10.8. The molecule has 0 unspecified atom stereocenters. The van der Waals surface area contributed by atoms with Gasteiger partial charge in [-0.1, -0.05) is 18.5 Å². The van der Waals surface area contributed by atoms with E-state index in [2.05, 4.69) is 4.98 Å². The van der Waals surface area contributed by atoms with Crippen LogP contribution in [-0.2, 0) is 11.3 Å². The highest BCUT2D eigenvalue weighted by atomic mass is 35.5. The molecule has 1 rings (SSSR count). The molecule has 15 heavy (non-hydrogen) atoms. The van der Waals surface area contributed by atoms with Gasteiger partial charge in [-0.25, -0.2) is 4.98 Å². The first kappa shape index (κ1) is 11.9. The summed E-state index contributed by atoms with van der Waals surface area (Å²) in [5.74, 6) is -0.322. The number of aromatic nitrogens is 1. The Morgan fingerprint density at radius 2 is 2.40 bits per heavy atom. The standard InChI is InChI=1S/C10H14ClN3O/c1-2-14(7-10(12)15)6-8-3-4-13-9(11)5-8/h3-5H,2,6-7H2,1H3,(H2,12,15). The summed E-state index contributed by atoms with van der Waals surface area (Å²) in [4.78, 5) is 16.6. The first-order valence-electron chi connectivity index (χ1n) is 4.73. The van der Waals surface area contributed by atoms with E-state index in [4.69, 9.17) is 17.3 Å². The molecule has 1 aromatic heterocycles. The van der Waals surface area contributed by atoms with Crippen molar-refractivity contribution < 1.29 is 4.79 Å². The molecule has 1 aromatic rings. The average Bonchev–Trinajstić information content (AvgIpc) is 2.16. The van der Waals surface area contributed by atoms with E-state index >= 15 is 0 Å². The molecule has 0 aromatic carbocycles. The van der Waals surface area contributed by atoms with Crippen LogP contribution in [0.25, 0.3) is 0 Å². The summed E-state index contributed by atoms with van der Waals surface area (Å²) in [7, 11) is 0. The highest BCUT2D eigenvalue weighted by Crippen LogP contribution is 2.09. The number of rotatable bonds is 5. The minimum atomic E-state index is -0.322. The number of primary amides is 1. The van der Waals surface area contributed by atoms with Crippen LogP contribution in [0.5, 0.6) is 0 Å². The number of likely N-dealkylation sites (N-methyl/N-ethyl adjacent to an activating group) is 1. The summed E-state index contributed by atoms with van der Waals surface area (Å²) in [6.45, 7) is 3.66. The van der Waals surface area contributed by atoms with E-state index in [1.807, 2.05) is 17.9 Å². The van der Waals surface area contributed by atoms with Crippen molar-refractivity contribution in [3.63, 3.8) is 0 Å². The SMILES string of the molecule is CCN(CC(N)=O)Cc1ccnc(Cl)c1. The molecule has 1 amide bonds. The van der Waals surface area contributed by atoms with Gasteiger partial charge in [0, 0.05) is 12.7 Å². The molecule has 82 valence electrons. The average molecular weight is 228 g/mol. The lowest BCUT2D eigenvalue weighted by atomic mass is 10.2. The van der Waals surface area contributed by atoms with Gasteiger partial charge in [-0.3, -0.25) is 9.69 Å². The van der Waals surface area contributed by atoms with Gasteiger partial charge in [0.15, 0.2) is 0 Å². The number of halogens is 1. The van der Waals surface area contributed by atoms with Crippen molar-refractivity contribution in [2.24, 2.45) is 5.73 Å². The number of hydrogen-bond acceptors (Lipinski definition) is 3. The third kappa shape index (κ3) is 4.27. The molecular weight excluding hydrogens is 214 g/mol. The molecule has 0 radical (unpaired) electrons. The van der Waals surface area contributed by atoms with Crippen LogP contribution in [0, 0.1) is 0 Å². The van der Waals surface area contributed by atoms with Gasteiger partial charge in [-0.2, -0.15) is 0 Å². The molecule has 0 bridgehead atoms. The van der Waals surface area contributed by atoms with E-state index in [0.717, 1.165) is 12.1 Å². The molecule has 4 nitrogen and oxygen atoms in total. The zero-order chi connectivity index (χ0) is 11.3. The fraction of sp³-hybridized carbons (Fsp3) is 0.400. The van der Waals surface area contributed by atoms with Crippen LogP contribution in [0.15, 0.2) is 18.3 Å². The zero-order valence-corrected chi connectivity index (χ0v) is 9.37. The van der Waals surface area contributed by atoms with Crippen molar-refractivity contribution >= 4 is 17.5 Å². The summed E-state index contributed by atoms with van der Waals surface area (Å²) < 4.78 is 0. The van der Waals surface area contributed by atoms with Gasteiger partial charge >= 0.3 is 0 Å². The minimum Gasteiger partial charge on any atom is -0.369 e. The monoisotopic (exact) mass is 227 g/mol. The molecule has 0 aliphatic rings. The van der Waals surface area contributed by atoms with Crippen LogP contribution in [0.1, 0.15) is 12.5 Å². The highest BCUT2D eigenvalue weighted by Gasteiger charge is 2.06. The predicted molar refractivity (Wildman–Crippen MR) is 59.4 cm³/mol. The number of pyridine rings is 1. The van der Waals surface area contributed by atoms with Crippen molar-refractivity contribution in [2.75, 3.05) is 13.1 Å². The largest absolute Gasteiger partial charge is 0.369 e.